The van der Waals surface area contributed by atoms with Gasteiger partial charge in [0.1, 0.15) is 11.9 Å². The lowest BCUT2D eigenvalue weighted by Gasteiger charge is -2.37. The molecule has 130 valence electrons. The summed E-state index contributed by atoms with van der Waals surface area (Å²) in [6.07, 6.45) is 2.14. The average molecular weight is 324 g/mol. The Balaban J connectivity index is 1.93. The Hall–Kier alpha value is -1.53. The Kier molecular flexibility index (Phi) is 6.47. The summed E-state index contributed by atoms with van der Waals surface area (Å²) in [5.41, 5.74) is 0. The van der Waals surface area contributed by atoms with Crippen LogP contribution >= 0.6 is 0 Å². The molecular weight excluding hydrogens is 296 g/mol. The molecule has 6 heteroatoms. The number of furan rings is 1. The first-order valence-corrected chi connectivity index (χ1v) is 8.33. The third kappa shape index (κ3) is 5.25. The molecule has 1 saturated heterocycles. The van der Waals surface area contributed by atoms with Gasteiger partial charge >= 0.3 is 6.03 Å². The van der Waals surface area contributed by atoms with Gasteiger partial charge in [-0.05, 0) is 31.4 Å². The van der Waals surface area contributed by atoms with Gasteiger partial charge in [-0.1, -0.05) is 13.8 Å². The van der Waals surface area contributed by atoms with E-state index in [1.807, 2.05) is 6.92 Å². The highest BCUT2D eigenvalue weighted by atomic mass is 16.5. The van der Waals surface area contributed by atoms with Crippen LogP contribution in [0.4, 0.5) is 4.79 Å². The molecule has 2 rings (SSSR count). The zero-order valence-corrected chi connectivity index (χ0v) is 14.2. The summed E-state index contributed by atoms with van der Waals surface area (Å²) in [6.45, 7) is 7.80. The van der Waals surface area contributed by atoms with Crippen LogP contribution in [0.3, 0.4) is 0 Å². The molecule has 23 heavy (non-hydrogen) atoms. The van der Waals surface area contributed by atoms with Crippen LogP contribution in [0.5, 0.6) is 0 Å². The maximum absolute atomic E-state index is 12.5. The highest BCUT2D eigenvalue weighted by Crippen LogP contribution is 2.23. The first-order chi connectivity index (χ1) is 11.0. The van der Waals surface area contributed by atoms with Crippen molar-refractivity contribution in [3.63, 3.8) is 0 Å². The van der Waals surface area contributed by atoms with Crippen molar-refractivity contribution in [1.29, 1.82) is 0 Å². The first kappa shape index (κ1) is 17.8. The molecule has 0 bridgehead atoms. The van der Waals surface area contributed by atoms with Gasteiger partial charge < -0.3 is 24.5 Å². The van der Waals surface area contributed by atoms with Crippen molar-refractivity contribution < 1.29 is 19.1 Å². The summed E-state index contributed by atoms with van der Waals surface area (Å²) in [5, 5.41) is 13.3. The lowest BCUT2D eigenvalue weighted by Crippen LogP contribution is -2.54. The van der Waals surface area contributed by atoms with Gasteiger partial charge in [-0.25, -0.2) is 4.79 Å². The zero-order valence-electron chi connectivity index (χ0n) is 14.2. The molecule has 1 aliphatic rings. The summed E-state index contributed by atoms with van der Waals surface area (Å²) in [4.78, 5) is 14.3. The van der Waals surface area contributed by atoms with Crippen LogP contribution in [0, 0.1) is 5.92 Å². The number of hydrogen-bond donors (Lipinski definition) is 2. The van der Waals surface area contributed by atoms with Crippen molar-refractivity contribution in [2.75, 3.05) is 19.8 Å². The molecule has 2 N–H and O–H groups in total. The van der Waals surface area contributed by atoms with E-state index in [2.05, 4.69) is 19.2 Å². The predicted molar refractivity (Wildman–Crippen MR) is 87.0 cm³/mol. The Morgan fingerprint density at radius 3 is 2.91 bits per heavy atom. The minimum absolute atomic E-state index is 0.0851. The van der Waals surface area contributed by atoms with Crippen molar-refractivity contribution in [2.24, 2.45) is 5.92 Å². The molecule has 6 nitrogen and oxygen atoms in total. The molecule has 0 aliphatic carbocycles. The number of morpholine rings is 1. The van der Waals surface area contributed by atoms with Crippen molar-refractivity contribution in [3.8, 4) is 0 Å². The third-order valence-electron chi connectivity index (χ3n) is 4.05. The standard InChI is InChI=1S/C17H28N2O4/c1-12(2)9-13(3)18-17(21)19-6-8-22-11-14(19)10-15(20)16-5-4-7-23-16/h4-5,7,12-15,20H,6,8-11H2,1-3H3,(H,18,21)/t13-,14-,15+/m0/s1. The van der Waals surface area contributed by atoms with Crippen molar-refractivity contribution in [3.05, 3.63) is 24.2 Å². The summed E-state index contributed by atoms with van der Waals surface area (Å²) < 4.78 is 10.7. The van der Waals surface area contributed by atoms with E-state index in [1.165, 1.54) is 6.26 Å². The van der Waals surface area contributed by atoms with Crippen molar-refractivity contribution in [2.45, 2.75) is 51.8 Å². The molecule has 0 saturated carbocycles. The normalized spacial score (nSPS) is 21.3. The number of aliphatic hydroxyl groups excluding tert-OH is 1. The highest BCUT2D eigenvalue weighted by Gasteiger charge is 2.30. The van der Waals surface area contributed by atoms with Gasteiger partial charge in [-0.2, -0.15) is 0 Å². The number of aliphatic hydroxyl groups is 1. The lowest BCUT2D eigenvalue weighted by molar-refractivity contribution is -0.0101. The molecule has 1 aliphatic heterocycles. The molecule has 0 spiro atoms. The molecule has 1 fully saturated rings. The van der Waals surface area contributed by atoms with Crippen LogP contribution in [-0.4, -0.2) is 47.9 Å². The first-order valence-electron chi connectivity index (χ1n) is 8.33. The Morgan fingerprint density at radius 1 is 1.48 bits per heavy atom. The number of ether oxygens (including phenoxy) is 1. The van der Waals surface area contributed by atoms with E-state index in [0.717, 1.165) is 6.42 Å². The Morgan fingerprint density at radius 2 is 2.26 bits per heavy atom. The van der Waals surface area contributed by atoms with E-state index >= 15 is 0 Å². The van der Waals surface area contributed by atoms with Crippen LogP contribution in [0.2, 0.25) is 0 Å². The van der Waals surface area contributed by atoms with Gasteiger partial charge in [0, 0.05) is 19.0 Å². The number of urea groups is 1. The molecule has 1 aromatic heterocycles. The molecule has 1 aromatic rings. The van der Waals surface area contributed by atoms with E-state index in [4.69, 9.17) is 9.15 Å². The maximum Gasteiger partial charge on any atom is 0.318 e. The third-order valence-corrected chi connectivity index (χ3v) is 4.05. The molecule has 2 amide bonds. The van der Waals surface area contributed by atoms with E-state index in [9.17, 15) is 9.90 Å². The van der Waals surface area contributed by atoms with Gasteiger partial charge in [0.05, 0.1) is 25.5 Å². The van der Waals surface area contributed by atoms with E-state index in [1.54, 1.807) is 17.0 Å². The summed E-state index contributed by atoms with van der Waals surface area (Å²) >= 11 is 0. The van der Waals surface area contributed by atoms with E-state index < -0.39 is 6.10 Å². The fourth-order valence-corrected chi connectivity index (χ4v) is 3.03. The van der Waals surface area contributed by atoms with E-state index in [-0.39, 0.29) is 18.1 Å². The van der Waals surface area contributed by atoms with Crippen LogP contribution in [0.15, 0.2) is 22.8 Å². The summed E-state index contributed by atoms with van der Waals surface area (Å²) in [6, 6.07) is 3.37. The lowest BCUT2D eigenvalue weighted by atomic mass is 10.0. The number of amides is 2. The van der Waals surface area contributed by atoms with E-state index in [0.29, 0.717) is 37.9 Å². The second-order valence-electron chi connectivity index (χ2n) is 6.67. The fraction of sp³-hybridized carbons (Fsp3) is 0.706. The number of carbonyl (C=O) groups excluding carboxylic acids is 1. The second-order valence-corrected chi connectivity index (χ2v) is 6.67. The Bertz CT molecular complexity index is 475. The number of carbonyl (C=O) groups is 1. The molecule has 2 heterocycles. The van der Waals surface area contributed by atoms with Crippen molar-refractivity contribution >= 4 is 6.03 Å². The Labute approximate surface area is 137 Å². The molecule has 0 unspecified atom stereocenters. The fourth-order valence-electron chi connectivity index (χ4n) is 3.03. The van der Waals surface area contributed by atoms with Crippen LogP contribution in [-0.2, 0) is 4.74 Å². The van der Waals surface area contributed by atoms with Gasteiger partial charge in [0.25, 0.3) is 0 Å². The minimum atomic E-state index is -0.736. The van der Waals surface area contributed by atoms with Crippen LogP contribution < -0.4 is 5.32 Å². The number of nitrogens with one attached hydrogen (secondary N) is 1. The second kappa shape index (κ2) is 8.36. The van der Waals surface area contributed by atoms with Crippen LogP contribution in [0.25, 0.3) is 0 Å². The minimum Gasteiger partial charge on any atom is -0.467 e. The summed E-state index contributed by atoms with van der Waals surface area (Å²) in [7, 11) is 0. The van der Waals surface area contributed by atoms with Gasteiger partial charge in [0.15, 0.2) is 0 Å². The molecule has 0 radical (unpaired) electrons. The molecular formula is C17H28N2O4. The molecule has 3 atom stereocenters. The quantitative estimate of drug-likeness (QED) is 0.843. The zero-order chi connectivity index (χ0) is 16.8. The largest absolute Gasteiger partial charge is 0.467 e. The van der Waals surface area contributed by atoms with Gasteiger partial charge in [-0.15, -0.1) is 0 Å². The predicted octanol–water partition coefficient (Wildman–Crippen LogP) is 2.55. The number of rotatable bonds is 6. The van der Waals surface area contributed by atoms with Crippen LogP contribution in [0.1, 0.15) is 45.5 Å². The van der Waals surface area contributed by atoms with Gasteiger partial charge in [0.2, 0.25) is 0 Å². The van der Waals surface area contributed by atoms with Gasteiger partial charge in [-0.3, -0.25) is 0 Å². The number of nitrogens with zero attached hydrogens (tertiary/aromatic N) is 1. The molecule has 0 aromatic carbocycles. The maximum atomic E-state index is 12.5. The average Bonchev–Trinajstić information content (AvgIpc) is 3.01. The summed E-state index contributed by atoms with van der Waals surface area (Å²) in [5.74, 6) is 1.05. The smallest absolute Gasteiger partial charge is 0.318 e. The van der Waals surface area contributed by atoms with Crippen molar-refractivity contribution in [1.82, 2.24) is 10.2 Å². The highest BCUT2D eigenvalue weighted by molar-refractivity contribution is 5.75. The number of hydrogen-bond acceptors (Lipinski definition) is 4. The SMILES string of the molecule is CC(C)C[C@H](C)NC(=O)N1CCOC[C@@H]1C[C@@H](O)c1ccco1. The topological polar surface area (TPSA) is 74.9 Å². The monoisotopic (exact) mass is 324 g/mol.